The summed E-state index contributed by atoms with van der Waals surface area (Å²) in [4.78, 5) is 12.0. The number of aryl methyl sites for hydroxylation is 1. The van der Waals surface area contributed by atoms with E-state index in [0.29, 0.717) is 23.9 Å². The SMILES string of the molecule is CC(C)CCNC(=O)CCCn1nc(-c2ccccc2)c2cc(Cl)ccc21. The number of nitrogens with one attached hydrogen (secondary N) is 1. The molecule has 142 valence electrons. The average molecular weight is 384 g/mol. The van der Waals surface area contributed by atoms with Gasteiger partial charge in [0.05, 0.1) is 5.52 Å². The number of carbonyl (C=O) groups excluding carboxylic acids is 1. The van der Waals surface area contributed by atoms with Crippen LogP contribution in [0.2, 0.25) is 5.02 Å². The predicted octanol–water partition coefficient (Wildman–Crippen LogP) is 5.30. The maximum absolute atomic E-state index is 12.0. The lowest BCUT2D eigenvalue weighted by Gasteiger charge is -2.07. The normalized spacial score (nSPS) is 11.3. The Morgan fingerprint density at radius 3 is 2.70 bits per heavy atom. The van der Waals surface area contributed by atoms with Gasteiger partial charge < -0.3 is 5.32 Å². The lowest BCUT2D eigenvalue weighted by atomic mass is 10.1. The van der Waals surface area contributed by atoms with Crippen LogP contribution < -0.4 is 5.32 Å². The summed E-state index contributed by atoms with van der Waals surface area (Å²) >= 11 is 6.21. The van der Waals surface area contributed by atoms with Gasteiger partial charge in [-0.3, -0.25) is 9.48 Å². The highest BCUT2D eigenvalue weighted by Crippen LogP contribution is 2.30. The third-order valence-electron chi connectivity index (χ3n) is 4.58. The topological polar surface area (TPSA) is 46.9 Å². The molecule has 1 N–H and O–H groups in total. The molecule has 2 aromatic carbocycles. The van der Waals surface area contributed by atoms with Crippen molar-refractivity contribution in [2.45, 2.75) is 39.7 Å². The average Bonchev–Trinajstić information content (AvgIpc) is 3.00. The van der Waals surface area contributed by atoms with E-state index in [-0.39, 0.29) is 5.91 Å². The summed E-state index contributed by atoms with van der Waals surface area (Å²) in [5.74, 6) is 0.711. The van der Waals surface area contributed by atoms with Gasteiger partial charge in [0, 0.05) is 35.5 Å². The Labute approximate surface area is 165 Å². The molecule has 0 aliphatic rings. The standard InChI is InChI=1S/C22H26ClN3O/c1-16(2)12-13-24-21(27)9-6-14-26-20-11-10-18(23)15-19(20)22(25-26)17-7-4-3-5-8-17/h3-5,7-8,10-11,15-16H,6,9,12-14H2,1-2H3,(H,24,27). The summed E-state index contributed by atoms with van der Waals surface area (Å²) in [5, 5.41) is 9.53. The Hall–Kier alpha value is -2.33. The molecule has 0 saturated carbocycles. The van der Waals surface area contributed by atoms with Gasteiger partial charge in [0.15, 0.2) is 0 Å². The molecule has 1 aromatic heterocycles. The number of amides is 1. The molecule has 0 bridgehead atoms. The van der Waals surface area contributed by atoms with Crippen LogP contribution >= 0.6 is 11.6 Å². The fourth-order valence-electron chi connectivity index (χ4n) is 3.11. The number of benzene rings is 2. The number of aromatic nitrogens is 2. The highest BCUT2D eigenvalue weighted by atomic mass is 35.5. The van der Waals surface area contributed by atoms with E-state index in [4.69, 9.17) is 16.7 Å². The van der Waals surface area contributed by atoms with Crippen molar-refractivity contribution >= 4 is 28.4 Å². The van der Waals surface area contributed by atoms with Crippen molar-refractivity contribution in [3.8, 4) is 11.3 Å². The highest BCUT2D eigenvalue weighted by molar-refractivity contribution is 6.31. The number of fused-ring (bicyclic) bond motifs is 1. The molecular weight excluding hydrogens is 358 g/mol. The van der Waals surface area contributed by atoms with E-state index in [9.17, 15) is 4.79 Å². The van der Waals surface area contributed by atoms with Crippen LogP contribution in [0, 0.1) is 5.92 Å². The lowest BCUT2D eigenvalue weighted by Crippen LogP contribution is -2.25. The molecule has 0 unspecified atom stereocenters. The molecule has 4 nitrogen and oxygen atoms in total. The molecule has 0 spiro atoms. The van der Waals surface area contributed by atoms with Crippen LogP contribution in [0.1, 0.15) is 33.1 Å². The summed E-state index contributed by atoms with van der Waals surface area (Å²) in [7, 11) is 0. The maximum Gasteiger partial charge on any atom is 0.220 e. The van der Waals surface area contributed by atoms with Gasteiger partial charge in [-0.25, -0.2) is 0 Å². The highest BCUT2D eigenvalue weighted by Gasteiger charge is 2.13. The lowest BCUT2D eigenvalue weighted by molar-refractivity contribution is -0.121. The Bertz CT molecular complexity index is 903. The first-order valence-electron chi connectivity index (χ1n) is 9.53. The van der Waals surface area contributed by atoms with E-state index < -0.39 is 0 Å². The summed E-state index contributed by atoms with van der Waals surface area (Å²) in [5.41, 5.74) is 3.03. The number of nitrogens with zero attached hydrogens (tertiary/aromatic N) is 2. The minimum absolute atomic E-state index is 0.110. The zero-order chi connectivity index (χ0) is 19.2. The van der Waals surface area contributed by atoms with Gasteiger partial charge >= 0.3 is 0 Å². The predicted molar refractivity (Wildman–Crippen MR) is 112 cm³/mol. The Morgan fingerprint density at radius 1 is 1.19 bits per heavy atom. The minimum atomic E-state index is 0.110. The van der Waals surface area contributed by atoms with Crippen LogP contribution in [-0.4, -0.2) is 22.2 Å². The number of halogens is 1. The fourth-order valence-corrected chi connectivity index (χ4v) is 3.28. The van der Waals surface area contributed by atoms with Crippen LogP contribution in [0.5, 0.6) is 0 Å². The molecule has 3 rings (SSSR count). The van der Waals surface area contributed by atoms with Crippen LogP contribution in [0.15, 0.2) is 48.5 Å². The van der Waals surface area contributed by atoms with E-state index in [1.54, 1.807) is 0 Å². The second-order valence-electron chi connectivity index (χ2n) is 7.24. The van der Waals surface area contributed by atoms with Crippen molar-refractivity contribution in [3.05, 3.63) is 53.6 Å². The molecule has 5 heteroatoms. The van der Waals surface area contributed by atoms with E-state index >= 15 is 0 Å². The van der Waals surface area contributed by atoms with Gasteiger partial charge in [0.2, 0.25) is 5.91 Å². The summed E-state index contributed by atoms with van der Waals surface area (Å²) in [6.07, 6.45) is 2.27. The zero-order valence-electron chi connectivity index (χ0n) is 15.9. The minimum Gasteiger partial charge on any atom is -0.356 e. The smallest absolute Gasteiger partial charge is 0.220 e. The molecule has 27 heavy (non-hydrogen) atoms. The summed E-state index contributed by atoms with van der Waals surface area (Å²) < 4.78 is 1.98. The molecule has 0 fully saturated rings. The number of hydrogen-bond acceptors (Lipinski definition) is 2. The molecule has 3 aromatic rings. The summed E-state index contributed by atoms with van der Waals surface area (Å²) in [6.45, 7) is 5.76. The molecule has 1 amide bonds. The Balaban J connectivity index is 1.71. The van der Waals surface area contributed by atoms with E-state index in [1.807, 2.05) is 41.1 Å². The molecule has 0 radical (unpaired) electrons. The van der Waals surface area contributed by atoms with Crippen LogP contribution in [0.25, 0.3) is 22.2 Å². The molecule has 0 aliphatic carbocycles. The van der Waals surface area contributed by atoms with Crippen molar-refractivity contribution < 1.29 is 4.79 Å². The molecule has 0 saturated heterocycles. The zero-order valence-corrected chi connectivity index (χ0v) is 16.7. The van der Waals surface area contributed by atoms with Crippen molar-refractivity contribution in [2.24, 2.45) is 5.92 Å². The summed E-state index contributed by atoms with van der Waals surface area (Å²) in [6, 6.07) is 16.0. The second-order valence-corrected chi connectivity index (χ2v) is 7.67. The number of rotatable bonds is 8. The van der Waals surface area contributed by atoms with E-state index in [0.717, 1.165) is 41.5 Å². The molecule has 0 aliphatic heterocycles. The van der Waals surface area contributed by atoms with Gasteiger partial charge in [-0.2, -0.15) is 5.10 Å². The Kier molecular flexibility index (Phi) is 6.51. The third kappa shape index (κ3) is 5.10. The largest absolute Gasteiger partial charge is 0.356 e. The quantitative estimate of drug-likeness (QED) is 0.573. The van der Waals surface area contributed by atoms with Gasteiger partial charge in [-0.05, 0) is 37.0 Å². The second kappa shape index (κ2) is 9.05. The fraction of sp³-hybridized carbons (Fsp3) is 0.364. The molecular formula is C22H26ClN3O. The molecule has 1 heterocycles. The first-order valence-corrected chi connectivity index (χ1v) is 9.90. The van der Waals surface area contributed by atoms with Crippen LogP contribution in [0.3, 0.4) is 0 Å². The van der Waals surface area contributed by atoms with Gasteiger partial charge in [0.25, 0.3) is 0 Å². The van der Waals surface area contributed by atoms with Crippen molar-refractivity contribution in [1.29, 1.82) is 0 Å². The monoisotopic (exact) mass is 383 g/mol. The van der Waals surface area contributed by atoms with Crippen LogP contribution in [0.4, 0.5) is 0 Å². The number of hydrogen-bond donors (Lipinski definition) is 1. The third-order valence-corrected chi connectivity index (χ3v) is 4.81. The van der Waals surface area contributed by atoms with E-state index in [2.05, 4.69) is 31.3 Å². The van der Waals surface area contributed by atoms with Gasteiger partial charge in [0.1, 0.15) is 5.69 Å². The first-order chi connectivity index (χ1) is 13.0. The van der Waals surface area contributed by atoms with Gasteiger partial charge in [-0.15, -0.1) is 0 Å². The van der Waals surface area contributed by atoms with Crippen LogP contribution in [-0.2, 0) is 11.3 Å². The van der Waals surface area contributed by atoms with Gasteiger partial charge in [-0.1, -0.05) is 55.8 Å². The van der Waals surface area contributed by atoms with Crippen molar-refractivity contribution in [1.82, 2.24) is 15.1 Å². The first kappa shape index (κ1) is 19.4. The Morgan fingerprint density at radius 2 is 1.96 bits per heavy atom. The maximum atomic E-state index is 12.0. The molecule has 0 atom stereocenters. The van der Waals surface area contributed by atoms with Crippen molar-refractivity contribution in [2.75, 3.05) is 6.54 Å². The van der Waals surface area contributed by atoms with E-state index in [1.165, 1.54) is 0 Å². The number of carbonyl (C=O) groups is 1. The van der Waals surface area contributed by atoms with Crippen molar-refractivity contribution in [3.63, 3.8) is 0 Å².